The number of benzene rings is 2. The molecule has 1 aliphatic heterocycles. The summed E-state index contributed by atoms with van der Waals surface area (Å²) in [4.78, 5) is 28.3. The Labute approximate surface area is 202 Å². The van der Waals surface area contributed by atoms with Gasteiger partial charge in [-0.3, -0.25) is 4.79 Å². The highest BCUT2D eigenvalue weighted by Gasteiger charge is 2.24. The van der Waals surface area contributed by atoms with E-state index in [9.17, 15) is 9.59 Å². The van der Waals surface area contributed by atoms with Crippen molar-refractivity contribution in [1.82, 2.24) is 5.32 Å². The molecule has 10 heteroatoms. The summed E-state index contributed by atoms with van der Waals surface area (Å²) in [5.74, 6) is -0.573. The van der Waals surface area contributed by atoms with Gasteiger partial charge in [-0.1, -0.05) is 17.7 Å². The summed E-state index contributed by atoms with van der Waals surface area (Å²) in [7, 11) is 0. The molecule has 3 rings (SSSR count). The molecule has 1 heterocycles. The summed E-state index contributed by atoms with van der Waals surface area (Å²) in [5, 5.41) is 12.7. The fourth-order valence-electron chi connectivity index (χ4n) is 2.67. The van der Waals surface area contributed by atoms with Gasteiger partial charge in [-0.15, -0.1) is 0 Å². The lowest BCUT2D eigenvalue weighted by molar-refractivity contribution is -0.139. The molecule has 2 aromatic carbocycles. The quantitative estimate of drug-likeness (QED) is 0.358. The lowest BCUT2D eigenvalue weighted by Gasteiger charge is -2.13. The molecule has 0 saturated carbocycles. The molecule has 1 amide bonds. The van der Waals surface area contributed by atoms with Crippen LogP contribution in [-0.2, 0) is 9.59 Å². The average molecular weight is 573 g/mol. The van der Waals surface area contributed by atoms with Gasteiger partial charge < -0.3 is 19.9 Å². The summed E-state index contributed by atoms with van der Waals surface area (Å²) in [6.45, 7) is 3.59. The smallest absolute Gasteiger partial charge is 0.341 e. The molecule has 2 N–H and O–H groups in total. The topological polar surface area (TPSA) is 97.2 Å². The summed E-state index contributed by atoms with van der Waals surface area (Å²) in [6.07, 6.45) is 1.72. The average Bonchev–Trinajstić information content (AvgIpc) is 3.03. The Hall–Kier alpha value is -2.24. The van der Waals surface area contributed by atoms with Crippen molar-refractivity contribution in [3.8, 4) is 11.5 Å². The van der Waals surface area contributed by atoms with Crippen molar-refractivity contribution in [1.29, 1.82) is 0 Å². The number of carbonyl (C=O) groups excluding carboxylic acids is 1. The van der Waals surface area contributed by atoms with Crippen molar-refractivity contribution in [3.05, 3.63) is 55.0 Å². The lowest BCUT2D eigenvalue weighted by atomic mass is 10.2. The summed E-state index contributed by atoms with van der Waals surface area (Å²) in [5.41, 5.74) is 2.23. The number of aliphatic carboxylic acids is 1. The lowest BCUT2D eigenvalue weighted by Crippen LogP contribution is -2.19. The van der Waals surface area contributed by atoms with Crippen LogP contribution in [0.25, 0.3) is 6.08 Å². The van der Waals surface area contributed by atoms with E-state index in [0.29, 0.717) is 48.0 Å². The molecule has 1 aliphatic rings. The molecule has 0 spiro atoms. The highest BCUT2D eigenvalue weighted by molar-refractivity contribution is 14.1. The summed E-state index contributed by atoms with van der Waals surface area (Å²) >= 11 is 9.41. The first-order valence-electron chi connectivity index (χ1n) is 9.14. The largest absolute Gasteiger partial charge is 0.490 e. The van der Waals surface area contributed by atoms with Gasteiger partial charge in [-0.05, 0) is 89.7 Å². The molecule has 31 heavy (non-hydrogen) atoms. The minimum absolute atomic E-state index is 0.261. The van der Waals surface area contributed by atoms with E-state index >= 15 is 0 Å². The van der Waals surface area contributed by atoms with E-state index in [1.807, 2.05) is 42.5 Å². The number of amidine groups is 1. The van der Waals surface area contributed by atoms with Gasteiger partial charge in [0.1, 0.15) is 0 Å². The Balaban J connectivity index is 1.88. The van der Waals surface area contributed by atoms with Crippen LogP contribution in [0.3, 0.4) is 0 Å². The Morgan fingerprint density at radius 2 is 2.13 bits per heavy atom. The highest BCUT2D eigenvalue weighted by Crippen LogP contribution is 2.36. The van der Waals surface area contributed by atoms with Crippen LogP contribution >= 0.6 is 46.0 Å². The zero-order valence-electron chi connectivity index (χ0n) is 16.6. The molecule has 0 atom stereocenters. The molecule has 0 unspecified atom stereocenters. The van der Waals surface area contributed by atoms with Gasteiger partial charge in [0.05, 0.1) is 20.8 Å². The van der Waals surface area contributed by atoms with Crippen molar-refractivity contribution < 1.29 is 24.2 Å². The van der Waals surface area contributed by atoms with Gasteiger partial charge in [0, 0.05) is 5.02 Å². The van der Waals surface area contributed by atoms with Crippen molar-refractivity contribution >= 4 is 74.8 Å². The molecule has 162 valence electrons. The van der Waals surface area contributed by atoms with E-state index in [0.717, 1.165) is 5.56 Å². The number of carboxylic acid groups (broad SMARTS) is 1. The predicted molar refractivity (Wildman–Crippen MR) is 130 cm³/mol. The number of nitrogens with zero attached hydrogens (tertiary/aromatic N) is 1. The van der Waals surface area contributed by atoms with Crippen LogP contribution < -0.4 is 14.8 Å². The number of rotatable bonds is 7. The van der Waals surface area contributed by atoms with E-state index in [2.05, 4.69) is 10.3 Å². The van der Waals surface area contributed by atoms with Gasteiger partial charge in [-0.2, -0.15) is 0 Å². The van der Waals surface area contributed by atoms with Gasteiger partial charge in [0.25, 0.3) is 5.91 Å². The Kier molecular flexibility index (Phi) is 7.84. The molecular weight excluding hydrogens is 555 g/mol. The first-order chi connectivity index (χ1) is 14.8. The number of halogens is 2. The maximum atomic E-state index is 12.4. The van der Waals surface area contributed by atoms with Gasteiger partial charge in [0.15, 0.2) is 23.3 Å². The molecule has 0 radical (unpaired) electrons. The second-order valence-electron chi connectivity index (χ2n) is 6.31. The predicted octanol–water partition coefficient (Wildman–Crippen LogP) is 5.01. The number of thioether (sulfide) groups is 1. The zero-order valence-corrected chi connectivity index (χ0v) is 20.3. The van der Waals surface area contributed by atoms with Gasteiger partial charge in [-0.25, -0.2) is 9.79 Å². The van der Waals surface area contributed by atoms with Gasteiger partial charge in [0.2, 0.25) is 0 Å². The maximum Gasteiger partial charge on any atom is 0.341 e. The number of hydrogen-bond acceptors (Lipinski definition) is 6. The van der Waals surface area contributed by atoms with E-state index in [1.54, 1.807) is 30.3 Å². The van der Waals surface area contributed by atoms with Crippen LogP contribution in [0, 0.1) is 10.5 Å². The van der Waals surface area contributed by atoms with Crippen LogP contribution in [0.1, 0.15) is 18.1 Å². The molecule has 1 fully saturated rings. The van der Waals surface area contributed by atoms with E-state index in [-0.39, 0.29) is 5.91 Å². The monoisotopic (exact) mass is 572 g/mol. The van der Waals surface area contributed by atoms with Crippen LogP contribution in [0.15, 0.2) is 40.2 Å². The minimum atomic E-state index is -1.08. The number of carbonyl (C=O) groups is 2. The van der Waals surface area contributed by atoms with Crippen molar-refractivity contribution in [2.45, 2.75) is 13.8 Å². The Morgan fingerprint density at radius 1 is 1.35 bits per heavy atom. The molecule has 0 aromatic heterocycles. The highest BCUT2D eigenvalue weighted by atomic mass is 127. The minimum Gasteiger partial charge on any atom is -0.490 e. The molecular formula is C21H18ClIN2O5S. The van der Waals surface area contributed by atoms with Crippen LogP contribution in [0.2, 0.25) is 5.02 Å². The summed E-state index contributed by atoms with van der Waals surface area (Å²) in [6, 6.07) is 8.91. The van der Waals surface area contributed by atoms with Crippen molar-refractivity contribution in [2.24, 2.45) is 4.99 Å². The van der Waals surface area contributed by atoms with Crippen molar-refractivity contribution in [2.75, 3.05) is 13.2 Å². The Bertz CT molecular complexity index is 1100. The SMILES string of the molecule is CCOc1cc(/C=C2/SC(=Nc3cccc(Cl)c3C)NC2=O)cc(I)c1OCC(=O)O. The van der Waals surface area contributed by atoms with Crippen LogP contribution in [-0.4, -0.2) is 35.4 Å². The second-order valence-corrected chi connectivity index (χ2v) is 8.91. The molecule has 1 saturated heterocycles. The van der Waals surface area contributed by atoms with Crippen molar-refractivity contribution in [3.63, 3.8) is 0 Å². The third kappa shape index (κ3) is 5.92. The van der Waals surface area contributed by atoms with Crippen LogP contribution in [0.4, 0.5) is 5.69 Å². The first kappa shape index (κ1) is 23.4. The third-order valence-corrected chi connectivity index (χ3v) is 6.20. The van der Waals surface area contributed by atoms with Gasteiger partial charge >= 0.3 is 5.97 Å². The molecule has 0 bridgehead atoms. The second kappa shape index (κ2) is 10.4. The zero-order chi connectivity index (χ0) is 22.5. The maximum absolute atomic E-state index is 12.4. The number of nitrogens with one attached hydrogen (secondary N) is 1. The van der Waals surface area contributed by atoms with E-state index in [4.69, 9.17) is 26.2 Å². The standard InChI is InChI=1S/C21H18ClIN2O5S/c1-3-29-16-8-12(7-14(23)19(16)30-10-18(26)27)9-17-20(28)25-21(31-17)24-15-6-4-5-13(22)11(15)2/h4-9H,3,10H2,1-2H3,(H,26,27)(H,24,25,28)/b17-9+. The number of amides is 1. The number of carboxylic acids is 1. The van der Waals surface area contributed by atoms with E-state index < -0.39 is 12.6 Å². The number of aliphatic imine (C=N–C) groups is 1. The van der Waals surface area contributed by atoms with Crippen LogP contribution in [0.5, 0.6) is 11.5 Å². The fraction of sp³-hybridized carbons (Fsp3) is 0.190. The van der Waals surface area contributed by atoms with E-state index in [1.165, 1.54) is 11.8 Å². The fourth-order valence-corrected chi connectivity index (χ4v) is 4.45. The number of ether oxygens (including phenoxy) is 2. The third-order valence-electron chi connectivity index (χ3n) is 4.08. The first-order valence-corrected chi connectivity index (χ1v) is 11.4. The normalized spacial score (nSPS) is 15.9. The molecule has 2 aromatic rings. The number of hydrogen-bond donors (Lipinski definition) is 2. The molecule has 0 aliphatic carbocycles. The Morgan fingerprint density at radius 3 is 2.84 bits per heavy atom. The summed E-state index contributed by atoms with van der Waals surface area (Å²) < 4.78 is 11.6. The molecule has 7 nitrogen and oxygen atoms in total.